The fourth-order valence-corrected chi connectivity index (χ4v) is 3.00. The Morgan fingerprint density at radius 1 is 1.10 bits per heavy atom. The first-order chi connectivity index (χ1) is 14.1. The van der Waals surface area contributed by atoms with Crippen molar-refractivity contribution in [3.05, 3.63) is 65.9 Å². The number of hydrogen-bond donors (Lipinski definition) is 1. The summed E-state index contributed by atoms with van der Waals surface area (Å²) in [7, 11) is 7.01. The standard InChI is InChI=1S/C22H26N4O3/c1-23-22(26(2)15-17-10-11-19(27-3)13-20(17)28-4)24-14-18-12-21(29-25-18)16-8-6-5-7-9-16/h5-13H,14-15H2,1-4H3,(H,23,24). The quantitative estimate of drug-likeness (QED) is 0.488. The summed E-state index contributed by atoms with van der Waals surface area (Å²) in [4.78, 5) is 6.38. The molecule has 3 aromatic rings. The van der Waals surface area contributed by atoms with Gasteiger partial charge in [-0.25, -0.2) is 0 Å². The second kappa shape index (κ2) is 9.64. The Labute approximate surface area is 170 Å². The molecule has 0 aliphatic heterocycles. The lowest BCUT2D eigenvalue weighted by Crippen LogP contribution is -2.38. The molecule has 3 rings (SSSR count). The molecule has 0 saturated carbocycles. The molecular weight excluding hydrogens is 368 g/mol. The van der Waals surface area contributed by atoms with Gasteiger partial charge < -0.3 is 24.2 Å². The molecule has 0 fully saturated rings. The van der Waals surface area contributed by atoms with Gasteiger partial charge in [-0.2, -0.15) is 0 Å². The number of aliphatic imine (C=N–C) groups is 1. The predicted octanol–water partition coefficient (Wildman–Crippen LogP) is 3.57. The third kappa shape index (κ3) is 5.07. The van der Waals surface area contributed by atoms with E-state index in [1.54, 1.807) is 21.3 Å². The van der Waals surface area contributed by atoms with Crippen LogP contribution in [0.25, 0.3) is 11.3 Å². The van der Waals surface area contributed by atoms with Crippen molar-refractivity contribution >= 4 is 5.96 Å². The number of ether oxygens (including phenoxy) is 2. The van der Waals surface area contributed by atoms with Crippen LogP contribution in [0, 0.1) is 0 Å². The molecule has 0 bridgehead atoms. The number of hydrogen-bond acceptors (Lipinski definition) is 5. The number of guanidine groups is 1. The van der Waals surface area contributed by atoms with E-state index in [1.807, 2.05) is 66.5 Å². The zero-order valence-electron chi connectivity index (χ0n) is 17.2. The van der Waals surface area contributed by atoms with E-state index < -0.39 is 0 Å². The van der Waals surface area contributed by atoms with E-state index in [2.05, 4.69) is 15.5 Å². The minimum Gasteiger partial charge on any atom is -0.497 e. The molecule has 0 aliphatic rings. The summed E-state index contributed by atoms with van der Waals surface area (Å²) in [5.74, 6) is 3.02. The average Bonchev–Trinajstić information content (AvgIpc) is 3.24. The van der Waals surface area contributed by atoms with E-state index in [0.29, 0.717) is 13.1 Å². The molecule has 0 atom stereocenters. The molecule has 152 valence electrons. The molecule has 0 aliphatic carbocycles. The van der Waals surface area contributed by atoms with E-state index >= 15 is 0 Å². The van der Waals surface area contributed by atoms with Crippen LogP contribution < -0.4 is 14.8 Å². The van der Waals surface area contributed by atoms with Gasteiger partial charge in [0.05, 0.1) is 20.8 Å². The maximum absolute atomic E-state index is 5.49. The first kappa shape index (κ1) is 20.3. The summed E-state index contributed by atoms with van der Waals surface area (Å²) in [6, 6.07) is 17.6. The smallest absolute Gasteiger partial charge is 0.194 e. The van der Waals surface area contributed by atoms with Gasteiger partial charge in [-0.15, -0.1) is 0 Å². The highest BCUT2D eigenvalue weighted by molar-refractivity contribution is 5.79. The fraction of sp³-hybridized carbons (Fsp3) is 0.273. The number of methoxy groups -OCH3 is 2. The first-order valence-corrected chi connectivity index (χ1v) is 9.28. The Morgan fingerprint density at radius 3 is 2.59 bits per heavy atom. The fourth-order valence-electron chi connectivity index (χ4n) is 3.00. The van der Waals surface area contributed by atoms with Crippen LogP contribution in [0.5, 0.6) is 11.5 Å². The molecule has 0 spiro atoms. The van der Waals surface area contributed by atoms with E-state index in [9.17, 15) is 0 Å². The monoisotopic (exact) mass is 394 g/mol. The maximum Gasteiger partial charge on any atom is 0.194 e. The lowest BCUT2D eigenvalue weighted by atomic mass is 10.1. The largest absolute Gasteiger partial charge is 0.497 e. The third-order valence-electron chi connectivity index (χ3n) is 4.52. The van der Waals surface area contributed by atoms with Crippen LogP contribution in [0.2, 0.25) is 0 Å². The molecule has 1 aromatic heterocycles. The second-order valence-electron chi connectivity index (χ2n) is 6.48. The van der Waals surface area contributed by atoms with Gasteiger partial charge in [0, 0.05) is 43.9 Å². The Balaban J connectivity index is 1.63. The van der Waals surface area contributed by atoms with Crippen molar-refractivity contribution in [3.8, 4) is 22.8 Å². The second-order valence-corrected chi connectivity index (χ2v) is 6.48. The summed E-state index contributed by atoms with van der Waals surface area (Å²) < 4.78 is 16.2. The molecule has 29 heavy (non-hydrogen) atoms. The minimum absolute atomic E-state index is 0.507. The lowest BCUT2D eigenvalue weighted by molar-refractivity contribution is 0.382. The topological polar surface area (TPSA) is 72.1 Å². The molecular formula is C22H26N4O3. The van der Waals surface area contributed by atoms with Crippen LogP contribution in [-0.4, -0.2) is 44.3 Å². The molecule has 0 saturated heterocycles. The minimum atomic E-state index is 0.507. The van der Waals surface area contributed by atoms with Gasteiger partial charge in [-0.05, 0) is 12.1 Å². The molecule has 0 unspecified atom stereocenters. The first-order valence-electron chi connectivity index (χ1n) is 9.28. The van der Waals surface area contributed by atoms with Gasteiger partial charge in [0.15, 0.2) is 11.7 Å². The molecule has 7 nitrogen and oxygen atoms in total. The molecule has 2 aromatic carbocycles. The average molecular weight is 394 g/mol. The summed E-state index contributed by atoms with van der Waals surface area (Å²) in [6.07, 6.45) is 0. The number of rotatable bonds is 7. The summed E-state index contributed by atoms with van der Waals surface area (Å²) >= 11 is 0. The molecule has 1 heterocycles. The van der Waals surface area contributed by atoms with Gasteiger partial charge in [0.1, 0.15) is 17.2 Å². The number of aromatic nitrogens is 1. The van der Waals surface area contributed by atoms with Crippen molar-refractivity contribution in [3.63, 3.8) is 0 Å². The number of nitrogens with zero attached hydrogens (tertiary/aromatic N) is 3. The van der Waals surface area contributed by atoms with E-state index in [-0.39, 0.29) is 0 Å². The Morgan fingerprint density at radius 2 is 1.90 bits per heavy atom. The molecule has 1 N–H and O–H groups in total. The highest BCUT2D eigenvalue weighted by atomic mass is 16.5. The van der Waals surface area contributed by atoms with Crippen molar-refractivity contribution in [1.82, 2.24) is 15.4 Å². The van der Waals surface area contributed by atoms with Crippen LogP contribution in [-0.2, 0) is 13.1 Å². The lowest BCUT2D eigenvalue weighted by Gasteiger charge is -2.23. The molecule has 7 heteroatoms. The van der Waals surface area contributed by atoms with E-state index in [0.717, 1.165) is 40.0 Å². The highest BCUT2D eigenvalue weighted by Crippen LogP contribution is 2.25. The third-order valence-corrected chi connectivity index (χ3v) is 4.52. The van der Waals surface area contributed by atoms with Gasteiger partial charge in [-0.1, -0.05) is 35.5 Å². The SMILES string of the molecule is CN=C(NCc1cc(-c2ccccc2)on1)N(C)Cc1ccc(OC)cc1OC. The van der Waals surface area contributed by atoms with Crippen molar-refractivity contribution in [2.24, 2.45) is 4.99 Å². The van der Waals surface area contributed by atoms with E-state index in [4.69, 9.17) is 14.0 Å². The van der Waals surface area contributed by atoms with Crippen molar-refractivity contribution in [1.29, 1.82) is 0 Å². The van der Waals surface area contributed by atoms with Crippen LogP contribution in [0.1, 0.15) is 11.3 Å². The van der Waals surface area contributed by atoms with E-state index in [1.165, 1.54) is 0 Å². The van der Waals surface area contributed by atoms with Crippen LogP contribution in [0.15, 0.2) is 64.1 Å². The Bertz CT molecular complexity index is 954. The van der Waals surface area contributed by atoms with Gasteiger partial charge in [0.25, 0.3) is 0 Å². The zero-order chi connectivity index (χ0) is 20.6. The summed E-state index contributed by atoms with van der Waals surface area (Å²) in [5.41, 5.74) is 2.84. The summed E-state index contributed by atoms with van der Waals surface area (Å²) in [6.45, 7) is 1.13. The van der Waals surface area contributed by atoms with Crippen molar-refractivity contribution in [2.45, 2.75) is 13.1 Å². The van der Waals surface area contributed by atoms with Crippen LogP contribution in [0.3, 0.4) is 0 Å². The maximum atomic E-state index is 5.49. The Kier molecular flexibility index (Phi) is 6.73. The van der Waals surface area contributed by atoms with Gasteiger partial charge in [-0.3, -0.25) is 4.99 Å². The predicted molar refractivity (Wildman–Crippen MR) is 113 cm³/mol. The number of nitrogens with one attached hydrogen (secondary N) is 1. The van der Waals surface area contributed by atoms with Crippen molar-refractivity contribution < 1.29 is 14.0 Å². The molecule has 0 radical (unpaired) electrons. The van der Waals surface area contributed by atoms with Gasteiger partial charge in [0.2, 0.25) is 0 Å². The van der Waals surface area contributed by atoms with Gasteiger partial charge >= 0.3 is 0 Å². The van der Waals surface area contributed by atoms with Crippen molar-refractivity contribution in [2.75, 3.05) is 28.3 Å². The van der Waals surface area contributed by atoms with Crippen LogP contribution >= 0.6 is 0 Å². The highest BCUT2D eigenvalue weighted by Gasteiger charge is 2.12. The Hall–Kier alpha value is -3.48. The molecule has 0 amide bonds. The number of benzene rings is 2. The van der Waals surface area contributed by atoms with Crippen LogP contribution in [0.4, 0.5) is 0 Å². The summed E-state index contributed by atoms with van der Waals surface area (Å²) in [5, 5.41) is 7.46. The normalized spacial score (nSPS) is 11.2. The zero-order valence-corrected chi connectivity index (χ0v) is 17.2.